The molecule has 4 aliphatic rings. The molecule has 48 heavy (non-hydrogen) atoms. The van der Waals surface area contributed by atoms with Gasteiger partial charge in [0, 0.05) is 28.1 Å². The Morgan fingerprint density at radius 1 is 1.00 bits per heavy atom. The van der Waals surface area contributed by atoms with Gasteiger partial charge in [-0.05, 0) is 68.1 Å². The number of nitro benzene ring substituents is 1. The van der Waals surface area contributed by atoms with E-state index in [-0.39, 0.29) is 52.0 Å². The number of nitro groups is 1. The van der Waals surface area contributed by atoms with Gasteiger partial charge in [0.15, 0.2) is 11.5 Å². The van der Waals surface area contributed by atoms with Crippen molar-refractivity contribution in [2.75, 3.05) is 16.9 Å². The van der Waals surface area contributed by atoms with Crippen LogP contribution in [0.15, 0.2) is 70.7 Å². The Morgan fingerprint density at radius 3 is 2.33 bits per heavy atom. The molecular weight excluding hydrogens is 713 g/mol. The van der Waals surface area contributed by atoms with Crippen LogP contribution in [0.4, 0.5) is 21.5 Å². The average molecular weight is 739 g/mol. The first-order chi connectivity index (χ1) is 22.8. The smallest absolute Gasteiger partial charge is 0.269 e. The van der Waals surface area contributed by atoms with Crippen molar-refractivity contribution >= 4 is 68.2 Å². The van der Waals surface area contributed by atoms with Crippen LogP contribution in [-0.4, -0.2) is 40.8 Å². The lowest BCUT2D eigenvalue weighted by molar-refractivity contribution is -0.384. The molecule has 0 bridgehead atoms. The first kappa shape index (κ1) is 32.0. The summed E-state index contributed by atoms with van der Waals surface area (Å²) in [6.45, 7) is 1.65. The molecule has 11 nitrogen and oxygen atoms in total. The highest BCUT2D eigenvalue weighted by molar-refractivity contribution is 9.10. The van der Waals surface area contributed by atoms with E-state index in [1.54, 1.807) is 19.1 Å². The minimum absolute atomic E-state index is 0.0367. The zero-order valence-corrected chi connectivity index (χ0v) is 27.7. The quantitative estimate of drug-likeness (QED) is 0.139. The van der Waals surface area contributed by atoms with Gasteiger partial charge in [-0.25, -0.2) is 9.29 Å². The molecule has 4 amide bonds. The first-order valence-electron chi connectivity index (χ1n) is 15.0. The number of hydrogen-bond donors (Lipinski definition) is 1. The van der Waals surface area contributed by atoms with E-state index in [0.29, 0.717) is 10.0 Å². The van der Waals surface area contributed by atoms with Gasteiger partial charge in [-0.2, -0.15) is 0 Å². The van der Waals surface area contributed by atoms with Gasteiger partial charge in [0.25, 0.3) is 5.69 Å². The number of carbonyl (C=O) groups is 4. The normalized spacial score (nSPS) is 27.9. The lowest BCUT2D eigenvalue weighted by atomic mass is 9.51. The number of non-ortho nitro benzene ring substituents is 1. The highest BCUT2D eigenvalue weighted by Crippen LogP contribution is 2.65. The molecule has 2 saturated heterocycles. The van der Waals surface area contributed by atoms with E-state index in [4.69, 9.17) is 16.3 Å². The zero-order valence-electron chi connectivity index (χ0n) is 25.4. The van der Waals surface area contributed by atoms with Crippen LogP contribution < -0.4 is 14.5 Å². The Balaban J connectivity index is 1.38. The van der Waals surface area contributed by atoms with Gasteiger partial charge in [-0.15, -0.1) is 0 Å². The zero-order chi connectivity index (χ0) is 34.4. The summed E-state index contributed by atoms with van der Waals surface area (Å²) in [7, 11) is 1.38. The monoisotopic (exact) mass is 737 g/mol. The number of aromatic hydroxyl groups is 1. The molecule has 7 rings (SSSR count). The maximum Gasteiger partial charge on any atom is 0.269 e. The topological polar surface area (TPSA) is 147 Å². The minimum atomic E-state index is -1.49. The van der Waals surface area contributed by atoms with Crippen LogP contribution in [0.25, 0.3) is 0 Å². The van der Waals surface area contributed by atoms with Gasteiger partial charge < -0.3 is 9.84 Å². The summed E-state index contributed by atoms with van der Waals surface area (Å²) in [4.78, 5) is 69.6. The number of methoxy groups -OCH3 is 1. The molecule has 0 spiro atoms. The van der Waals surface area contributed by atoms with Crippen molar-refractivity contribution < 1.29 is 38.3 Å². The Kier molecular flexibility index (Phi) is 7.48. The minimum Gasteiger partial charge on any atom is -0.504 e. The van der Waals surface area contributed by atoms with Crippen molar-refractivity contribution in [3.8, 4) is 11.5 Å². The van der Waals surface area contributed by atoms with Crippen molar-refractivity contribution in [2.45, 2.75) is 25.7 Å². The number of phenolic OH excluding ortho intramolecular Hbond substituents is 1. The molecular formula is C34H26BrClFN3O8. The molecule has 0 radical (unpaired) electrons. The van der Waals surface area contributed by atoms with E-state index < -0.39 is 69.4 Å². The number of hydrogen-bond acceptors (Lipinski definition) is 8. The first-order valence-corrected chi connectivity index (χ1v) is 16.2. The maximum absolute atomic E-state index is 14.6. The van der Waals surface area contributed by atoms with Gasteiger partial charge in [-0.1, -0.05) is 39.2 Å². The molecule has 2 aliphatic heterocycles. The van der Waals surface area contributed by atoms with Gasteiger partial charge in [0.05, 0.1) is 51.6 Å². The fourth-order valence-corrected chi connectivity index (χ4v) is 8.81. The lowest BCUT2D eigenvalue weighted by Crippen LogP contribution is -2.49. The number of carbonyl (C=O) groups excluding carboxylic acids is 4. The molecule has 3 aromatic carbocycles. The van der Waals surface area contributed by atoms with Crippen molar-refractivity contribution in [3.63, 3.8) is 0 Å². The molecule has 0 aromatic heterocycles. The molecule has 2 aliphatic carbocycles. The number of benzene rings is 3. The van der Waals surface area contributed by atoms with Crippen molar-refractivity contribution in [2.24, 2.45) is 29.1 Å². The fraction of sp³-hybridized carbons (Fsp3) is 0.294. The van der Waals surface area contributed by atoms with Crippen LogP contribution in [0.2, 0.25) is 5.02 Å². The second-order valence-corrected chi connectivity index (χ2v) is 13.9. The third-order valence-electron chi connectivity index (χ3n) is 10.4. The van der Waals surface area contributed by atoms with Crippen LogP contribution in [-0.2, 0) is 19.2 Å². The largest absolute Gasteiger partial charge is 0.504 e. The molecule has 246 valence electrons. The highest BCUT2D eigenvalue weighted by atomic mass is 79.9. The number of anilines is 2. The Hall–Kier alpha value is -4.62. The molecule has 1 N–H and O–H groups in total. The van der Waals surface area contributed by atoms with Crippen LogP contribution in [0.1, 0.15) is 31.2 Å². The number of allylic oxidation sites excluding steroid dienone is 2. The number of fused-ring (bicyclic) bond motifs is 4. The number of phenols is 1. The van der Waals surface area contributed by atoms with Crippen molar-refractivity contribution in [3.05, 3.63) is 97.2 Å². The van der Waals surface area contributed by atoms with Crippen LogP contribution >= 0.6 is 27.5 Å². The van der Waals surface area contributed by atoms with E-state index in [1.807, 2.05) is 6.08 Å². The van der Waals surface area contributed by atoms with E-state index in [1.165, 1.54) is 43.5 Å². The van der Waals surface area contributed by atoms with E-state index in [9.17, 15) is 38.8 Å². The molecule has 2 heterocycles. The summed E-state index contributed by atoms with van der Waals surface area (Å²) in [5.74, 6) is -7.36. The van der Waals surface area contributed by atoms with Gasteiger partial charge in [0.2, 0.25) is 23.6 Å². The van der Waals surface area contributed by atoms with Crippen LogP contribution in [0.3, 0.4) is 0 Å². The molecule has 14 heteroatoms. The number of ether oxygens (including phenoxy) is 1. The summed E-state index contributed by atoms with van der Waals surface area (Å²) in [6.07, 6.45) is 2.01. The standard InChI is InChI=1S/C34H26BrClFN3O8/c1-34-23(31(43)39(33(34)45)18-7-10-25(37)24(36)13-18)14-21-19(28(34)22-11-15(35)12-26(48-2)29(22)41)8-9-20-27(21)32(44)38(30(20)42)16-3-5-17(6-4-16)40(46)47/h3-8,10-13,20-21,23,27-28,41H,9,14H2,1-2H3. The number of imide groups is 2. The summed E-state index contributed by atoms with van der Waals surface area (Å²) >= 11 is 9.52. The highest BCUT2D eigenvalue weighted by Gasteiger charge is 2.68. The van der Waals surface area contributed by atoms with Crippen molar-refractivity contribution in [1.82, 2.24) is 0 Å². The van der Waals surface area contributed by atoms with Gasteiger partial charge in [0.1, 0.15) is 5.82 Å². The number of rotatable bonds is 5. The number of halogens is 3. The lowest BCUT2D eigenvalue weighted by Gasteiger charge is -2.49. The predicted molar refractivity (Wildman–Crippen MR) is 174 cm³/mol. The number of amides is 4. The summed E-state index contributed by atoms with van der Waals surface area (Å²) in [6, 6.07) is 11.9. The second kappa shape index (κ2) is 11.2. The molecule has 6 unspecified atom stereocenters. The molecule has 6 atom stereocenters. The van der Waals surface area contributed by atoms with E-state index in [2.05, 4.69) is 15.9 Å². The maximum atomic E-state index is 14.6. The summed E-state index contributed by atoms with van der Waals surface area (Å²) in [5, 5.41) is 22.4. The van der Waals surface area contributed by atoms with E-state index >= 15 is 0 Å². The van der Waals surface area contributed by atoms with Crippen LogP contribution in [0.5, 0.6) is 11.5 Å². The SMILES string of the molecule is COc1cc(Br)cc(C2C3=CCC4C(=O)N(c5ccc([N+](=O)[O-])cc5)C(=O)C4C3CC3C(=O)N(c4ccc(F)c(Cl)c4)C(=O)C32C)c1O. The van der Waals surface area contributed by atoms with Gasteiger partial charge >= 0.3 is 0 Å². The predicted octanol–water partition coefficient (Wildman–Crippen LogP) is 6.30. The third-order valence-corrected chi connectivity index (χ3v) is 11.1. The number of nitrogens with zero attached hydrogens (tertiary/aromatic N) is 3. The van der Waals surface area contributed by atoms with E-state index in [0.717, 1.165) is 15.9 Å². The molecule has 3 fully saturated rings. The van der Waals surface area contributed by atoms with Gasteiger partial charge in [-0.3, -0.25) is 34.2 Å². The van der Waals surface area contributed by atoms with Crippen LogP contribution in [0, 0.1) is 45.0 Å². The Morgan fingerprint density at radius 2 is 1.69 bits per heavy atom. The van der Waals surface area contributed by atoms with Crippen molar-refractivity contribution in [1.29, 1.82) is 0 Å². The second-order valence-electron chi connectivity index (χ2n) is 12.6. The average Bonchev–Trinajstić information content (AvgIpc) is 3.43. The third kappa shape index (κ3) is 4.43. The summed E-state index contributed by atoms with van der Waals surface area (Å²) in [5.41, 5.74) is -0.517. The summed E-state index contributed by atoms with van der Waals surface area (Å²) < 4.78 is 20.1. The molecule has 1 saturated carbocycles. The fourth-order valence-electron chi connectivity index (χ4n) is 8.18. The Bertz CT molecular complexity index is 2000. The molecule has 3 aromatic rings. The Labute approximate surface area is 286 Å².